The maximum absolute atomic E-state index is 7.47. The molecule has 2 atom stereocenters. The average molecular weight is 276 g/mol. The van der Waals surface area contributed by atoms with E-state index < -0.39 is 0 Å². The van der Waals surface area contributed by atoms with Gasteiger partial charge >= 0.3 is 0 Å². The van der Waals surface area contributed by atoms with Gasteiger partial charge in [-0.05, 0) is 38.9 Å². The van der Waals surface area contributed by atoms with Crippen molar-refractivity contribution < 1.29 is 4.74 Å². The molecule has 0 spiro atoms. The molecule has 0 aromatic rings. The van der Waals surface area contributed by atoms with E-state index in [1.807, 2.05) is 13.1 Å². The zero-order valence-corrected chi connectivity index (χ0v) is 12.2. The summed E-state index contributed by atoms with van der Waals surface area (Å²) in [5, 5.41) is 10.7. The van der Waals surface area contributed by atoms with Crippen LogP contribution < -0.4 is 11.1 Å². The van der Waals surface area contributed by atoms with E-state index in [-0.39, 0.29) is 0 Å². The quantitative estimate of drug-likeness (QED) is 0.618. The average Bonchev–Trinajstić information content (AvgIpc) is 2.45. The van der Waals surface area contributed by atoms with E-state index in [4.69, 9.17) is 15.9 Å². The van der Waals surface area contributed by atoms with Crippen molar-refractivity contribution in [2.75, 3.05) is 20.2 Å². The van der Waals surface area contributed by atoms with Crippen molar-refractivity contribution in [3.8, 4) is 0 Å². The molecule has 0 bridgehead atoms. The van der Waals surface area contributed by atoms with Gasteiger partial charge in [0.2, 0.25) is 5.90 Å². The van der Waals surface area contributed by atoms with Crippen molar-refractivity contribution in [1.29, 1.82) is 5.41 Å². The van der Waals surface area contributed by atoms with Crippen molar-refractivity contribution in [2.45, 2.75) is 19.4 Å². The van der Waals surface area contributed by atoms with Crippen molar-refractivity contribution in [1.82, 2.24) is 5.32 Å². The van der Waals surface area contributed by atoms with Crippen LogP contribution >= 0.6 is 0 Å². The molecule has 20 heavy (non-hydrogen) atoms. The Kier molecular flexibility index (Phi) is 6.90. The first-order chi connectivity index (χ1) is 9.58. The minimum absolute atomic E-state index is 0.319. The van der Waals surface area contributed by atoms with Gasteiger partial charge in [-0.3, -0.25) is 5.41 Å². The van der Waals surface area contributed by atoms with Crippen LogP contribution in [0.3, 0.4) is 0 Å². The van der Waals surface area contributed by atoms with E-state index in [1.165, 1.54) is 0 Å². The summed E-state index contributed by atoms with van der Waals surface area (Å²) in [6.45, 7) is 6.91. The number of allylic oxidation sites excluding steroid dienone is 2. The molecule has 0 aromatic heterocycles. The highest BCUT2D eigenvalue weighted by Gasteiger charge is 2.11. The largest absolute Gasteiger partial charge is 0.473 e. The topological polar surface area (TPSA) is 83.5 Å². The Morgan fingerprint density at radius 3 is 2.85 bits per heavy atom. The molecule has 0 amide bonds. The lowest BCUT2D eigenvalue weighted by atomic mass is 9.97. The number of hydrogen-bond acceptors (Lipinski definition) is 5. The summed E-state index contributed by atoms with van der Waals surface area (Å²) < 4.78 is 5.48. The molecule has 1 aliphatic rings. The zero-order chi connectivity index (χ0) is 15.0. The lowest BCUT2D eigenvalue weighted by Crippen LogP contribution is -2.34. The fourth-order valence-corrected chi connectivity index (χ4v) is 1.77. The van der Waals surface area contributed by atoms with Gasteiger partial charge in [0.05, 0.1) is 11.4 Å². The summed E-state index contributed by atoms with van der Waals surface area (Å²) in [7, 11) is 1.94. The first-order valence-corrected chi connectivity index (χ1v) is 6.78. The molecule has 110 valence electrons. The SMILES string of the molecule is C=C1N=C(OC/C=C\CC(CN)C(C)NC)C=CC1=N. The van der Waals surface area contributed by atoms with Crippen LogP contribution in [0.15, 0.2) is 41.6 Å². The van der Waals surface area contributed by atoms with Gasteiger partial charge < -0.3 is 15.8 Å². The van der Waals surface area contributed by atoms with E-state index in [0.717, 1.165) is 6.42 Å². The van der Waals surface area contributed by atoms with Crippen LogP contribution in [0, 0.1) is 11.3 Å². The van der Waals surface area contributed by atoms with Gasteiger partial charge in [-0.25, -0.2) is 4.99 Å². The molecule has 2 unspecified atom stereocenters. The van der Waals surface area contributed by atoms with Crippen LogP contribution in [0.25, 0.3) is 0 Å². The molecule has 1 heterocycles. The molecular formula is C15H24N4O. The molecule has 0 fully saturated rings. The zero-order valence-electron chi connectivity index (χ0n) is 12.2. The predicted octanol–water partition coefficient (Wildman–Crippen LogP) is 1.63. The number of ether oxygens (including phenoxy) is 1. The molecule has 0 saturated heterocycles. The molecule has 1 rings (SSSR count). The van der Waals surface area contributed by atoms with Crippen LogP contribution in [-0.2, 0) is 4.74 Å². The first kappa shape index (κ1) is 16.3. The van der Waals surface area contributed by atoms with Crippen LogP contribution in [0.4, 0.5) is 0 Å². The number of hydrogen-bond donors (Lipinski definition) is 3. The van der Waals surface area contributed by atoms with Crippen LogP contribution in [-0.4, -0.2) is 37.9 Å². The molecule has 5 heteroatoms. The third-order valence-corrected chi connectivity index (χ3v) is 3.35. The molecule has 0 aromatic carbocycles. The Morgan fingerprint density at radius 1 is 1.50 bits per heavy atom. The van der Waals surface area contributed by atoms with Crippen molar-refractivity contribution in [2.24, 2.45) is 16.6 Å². The highest BCUT2D eigenvalue weighted by molar-refractivity contribution is 6.13. The van der Waals surface area contributed by atoms with Gasteiger partial charge in [-0.2, -0.15) is 0 Å². The molecule has 1 aliphatic heterocycles. The maximum Gasteiger partial charge on any atom is 0.214 e. The predicted molar refractivity (Wildman–Crippen MR) is 84.2 cm³/mol. The Bertz CT molecular complexity index is 437. The van der Waals surface area contributed by atoms with Crippen molar-refractivity contribution in [3.63, 3.8) is 0 Å². The van der Waals surface area contributed by atoms with Crippen LogP contribution in [0.2, 0.25) is 0 Å². The van der Waals surface area contributed by atoms with Gasteiger partial charge in [0.1, 0.15) is 6.61 Å². The molecular weight excluding hydrogens is 252 g/mol. The number of nitrogens with two attached hydrogens (primary N) is 1. The van der Waals surface area contributed by atoms with Crippen molar-refractivity contribution in [3.05, 3.63) is 36.6 Å². The molecule has 0 radical (unpaired) electrons. The maximum atomic E-state index is 7.47. The monoisotopic (exact) mass is 276 g/mol. The highest BCUT2D eigenvalue weighted by atomic mass is 16.5. The Balaban J connectivity index is 2.32. The molecule has 0 saturated carbocycles. The Morgan fingerprint density at radius 2 is 2.25 bits per heavy atom. The second-order valence-electron chi connectivity index (χ2n) is 4.73. The summed E-state index contributed by atoms with van der Waals surface area (Å²) >= 11 is 0. The third kappa shape index (κ3) is 5.11. The summed E-state index contributed by atoms with van der Waals surface area (Å²) in [4.78, 5) is 4.08. The van der Waals surface area contributed by atoms with Gasteiger partial charge in [-0.1, -0.05) is 18.7 Å². The number of aliphatic imine (C=N–C) groups is 1. The van der Waals surface area contributed by atoms with Crippen LogP contribution in [0.1, 0.15) is 13.3 Å². The lowest BCUT2D eigenvalue weighted by molar-refractivity contribution is 0.351. The summed E-state index contributed by atoms with van der Waals surface area (Å²) in [5.74, 6) is 0.915. The van der Waals surface area contributed by atoms with Crippen molar-refractivity contribution >= 4 is 11.6 Å². The normalized spacial score (nSPS) is 18.2. The number of rotatable bonds is 7. The fraction of sp³-hybridized carbons (Fsp3) is 0.467. The molecule has 4 N–H and O–H groups in total. The summed E-state index contributed by atoms with van der Waals surface area (Å²) in [6.07, 6.45) is 8.27. The van der Waals surface area contributed by atoms with E-state index >= 15 is 0 Å². The third-order valence-electron chi connectivity index (χ3n) is 3.35. The summed E-state index contributed by atoms with van der Waals surface area (Å²) in [6, 6.07) is 0.394. The van der Waals surface area contributed by atoms with Gasteiger partial charge in [0.25, 0.3) is 0 Å². The second kappa shape index (κ2) is 8.45. The number of nitrogens with zero attached hydrogens (tertiary/aromatic N) is 1. The minimum Gasteiger partial charge on any atom is -0.473 e. The Hall–Kier alpha value is -1.72. The van der Waals surface area contributed by atoms with Gasteiger partial charge in [0, 0.05) is 12.1 Å². The van der Waals surface area contributed by atoms with E-state index in [1.54, 1.807) is 12.2 Å². The summed E-state index contributed by atoms with van der Waals surface area (Å²) in [5.41, 5.74) is 6.49. The van der Waals surface area contributed by atoms with Gasteiger partial charge in [0.15, 0.2) is 0 Å². The minimum atomic E-state index is 0.319. The van der Waals surface area contributed by atoms with Crippen LogP contribution in [0.5, 0.6) is 0 Å². The molecule has 5 nitrogen and oxygen atoms in total. The van der Waals surface area contributed by atoms with E-state index in [9.17, 15) is 0 Å². The fourth-order valence-electron chi connectivity index (χ4n) is 1.77. The number of dihydropyridines is 1. The Labute approximate surface area is 120 Å². The first-order valence-electron chi connectivity index (χ1n) is 6.78. The standard InChI is InChI=1S/C15H24N4O/c1-11(18-3)13(10-16)6-4-5-9-20-15-8-7-14(17)12(2)19-15/h4-5,7-8,11,13,17-18H,2,6,9-10,16H2,1,3H3/b5-4-,17-14?. The molecule has 0 aliphatic carbocycles. The second-order valence-corrected chi connectivity index (χ2v) is 4.73. The van der Waals surface area contributed by atoms with E-state index in [2.05, 4.69) is 29.9 Å². The highest BCUT2D eigenvalue weighted by Crippen LogP contribution is 2.08. The van der Waals surface area contributed by atoms with E-state index in [0.29, 0.717) is 42.4 Å². The lowest BCUT2D eigenvalue weighted by Gasteiger charge is -2.20. The van der Waals surface area contributed by atoms with Gasteiger partial charge in [-0.15, -0.1) is 0 Å². The number of nitrogens with one attached hydrogen (secondary N) is 2. The smallest absolute Gasteiger partial charge is 0.214 e.